The van der Waals surface area contributed by atoms with Crippen molar-refractivity contribution in [3.05, 3.63) is 77.8 Å². The normalized spacial score (nSPS) is 13.2. The van der Waals surface area contributed by atoms with Crippen molar-refractivity contribution >= 4 is 11.8 Å². The van der Waals surface area contributed by atoms with Crippen LogP contribution in [0.1, 0.15) is 29.1 Å². The first kappa shape index (κ1) is 16.4. The molecule has 5 rings (SSSR count). The van der Waals surface area contributed by atoms with Crippen LogP contribution in [0.25, 0.3) is 5.69 Å². The third-order valence-corrected chi connectivity index (χ3v) is 5.83. The van der Waals surface area contributed by atoms with Gasteiger partial charge in [0.1, 0.15) is 12.1 Å². The Morgan fingerprint density at radius 1 is 1.07 bits per heavy atom. The molecule has 3 heterocycles. The number of fused-ring (bicyclic) bond motifs is 1. The van der Waals surface area contributed by atoms with Crippen molar-refractivity contribution in [3.8, 4) is 5.69 Å². The highest BCUT2D eigenvalue weighted by molar-refractivity contribution is 7.98. The van der Waals surface area contributed by atoms with Crippen LogP contribution in [0.4, 0.5) is 0 Å². The SMILES string of the molecule is c1ccc(-n2nc(CSc3nncn3Cc3ccco3)c3c2CCC3)cc1. The third-order valence-electron chi connectivity index (χ3n) is 4.84. The molecule has 0 radical (unpaired) electrons. The first-order valence-electron chi connectivity index (χ1n) is 9.06. The Labute approximate surface area is 161 Å². The summed E-state index contributed by atoms with van der Waals surface area (Å²) in [6.45, 7) is 0.638. The van der Waals surface area contributed by atoms with Crippen molar-refractivity contribution in [3.63, 3.8) is 0 Å². The Balaban J connectivity index is 1.38. The third kappa shape index (κ3) is 3.19. The van der Waals surface area contributed by atoms with Gasteiger partial charge in [0, 0.05) is 11.4 Å². The van der Waals surface area contributed by atoms with E-state index in [1.54, 1.807) is 24.4 Å². The van der Waals surface area contributed by atoms with E-state index in [-0.39, 0.29) is 0 Å². The van der Waals surface area contributed by atoms with Gasteiger partial charge in [0.25, 0.3) is 0 Å². The predicted octanol–water partition coefficient (Wildman–Crippen LogP) is 3.89. The molecule has 1 aromatic carbocycles. The van der Waals surface area contributed by atoms with E-state index >= 15 is 0 Å². The molecule has 0 amide bonds. The molecule has 0 spiro atoms. The molecule has 1 aliphatic rings. The molecule has 1 aliphatic carbocycles. The molecule has 0 fully saturated rings. The topological polar surface area (TPSA) is 61.7 Å². The number of hydrogen-bond acceptors (Lipinski definition) is 5. The number of thioether (sulfide) groups is 1. The molecule has 0 bridgehead atoms. The van der Waals surface area contributed by atoms with Crippen molar-refractivity contribution in [1.82, 2.24) is 24.5 Å². The molecule has 0 aliphatic heterocycles. The van der Waals surface area contributed by atoms with E-state index in [1.165, 1.54) is 17.7 Å². The van der Waals surface area contributed by atoms with Crippen LogP contribution in [0.5, 0.6) is 0 Å². The summed E-state index contributed by atoms with van der Waals surface area (Å²) >= 11 is 1.68. The first-order chi connectivity index (χ1) is 13.4. The number of hydrogen-bond donors (Lipinski definition) is 0. The second-order valence-corrected chi connectivity index (χ2v) is 7.52. The van der Waals surface area contributed by atoms with Gasteiger partial charge in [-0.15, -0.1) is 10.2 Å². The summed E-state index contributed by atoms with van der Waals surface area (Å²) in [5, 5.41) is 14.1. The lowest BCUT2D eigenvalue weighted by Gasteiger charge is -2.05. The molecular weight excluding hydrogens is 358 g/mol. The molecule has 7 heteroatoms. The van der Waals surface area contributed by atoms with Crippen LogP contribution in [-0.4, -0.2) is 24.5 Å². The molecule has 0 N–H and O–H groups in total. The highest BCUT2D eigenvalue weighted by Gasteiger charge is 2.23. The molecule has 27 heavy (non-hydrogen) atoms. The smallest absolute Gasteiger partial charge is 0.191 e. The monoisotopic (exact) mass is 377 g/mol. The quantitative estimate of drug-likeness (QED) is 0.477. The summed E-state index contributed by atoms with van der Waals surface area (Å²) in [5.74, 6) is 1.69. The maximum atomic E-state index is 5.44. The van der Waals surface area contributed by atoms with Gasteiger partial charge in [-0.05, 0) is 49.1 Å². The van der Waals surface area contributed by atoms with Gasteiger partial charge in [0.05, 0.1) is 24.2 Å². The van der Waals surface area contributed by atoms with Gasteiger partial charge in [-0.1, -0.05) is 30.0 Å². The Morgan fingerprint density at radius 3 is 2.85 bits per heavy atom. The van der Waals surface area contributed by atoms with Crippen LogP contribution in [0.15, 0.2) is 64.6 Å². The fourth-order valence-corrected chi connectivity index (χ4v) is 4.46. The Morgan fingerprint density at radius 2 is 2.00 bits per heavy atom. The lowest BCUT2D eigenvalue weighted by molar-refractivity contribution is 0.484. The predicted molar refractivity (Wildman–Crippen MR) is 103 cm³/mol. The molecule has 4 aromatic rings. The fraction of sp³-hybridized carbons (Fsp3) is 0.250. The summed E-state index contributed by atoms with van der Waals surface area (Å²) in [6.07, 6.45) is 6.84. The zero-order valence-electron chi connectivity index (χ0n) is 14.8. The Bertz CT molecular complexity index is 1040. The van der Waals surface area contributed by atoms with Crippen molar-refractivity contribution < 1.29 is 4.42 Å². The number of nitrogens with zero attached hydrogens (tertiary/aromatic N) is 5. The minimum absolute atomic E-state index is 0.638. The zero-order valence-corrected chi connectivity index (χ0v) is 15.6. The minimum atomic E-state index is 0.638. The fourth-order valence-electron chi connectivity index (χ4n) is 3.58. The molecule has 0 atom stereocenters. The van der Waals surface area contributed by atoms with Crippen LogP contribution >= 0.6 is 11.8 Å². The van der Waals surface area contributed by atoms with E-state index in [1.807, 2.05) is 22.8 Å². The van der Waals surface area contributed by atoms with Gasteiger partial charge in [0.15, 0.2) is 5.16 Å². The van der Waals surface area contributed by atoms with Crippen molar-refractivity contribution in [2.75, 3.05) is 0 Å². The van der Waals surface area contributed by atoms with Crippen molar-refractivity contribution in [1.29, 1.82) is 0 Å². The summed E-state index contributed by atoms with van der Waals surface area (Å²) in [4.78, 5) is 0. The maximum Gasteiger partial charge on any atom is 0.191 e. The molecule has 0 saturated heterocycles. The van der Waals surface area contributed by atoms with Gasteiger partial charge in [-0.3, -0.25) is 0 Å². The highest BCUT2D eigenvalue weighted by atomic mass is 32.2. The van der Waals surface area contributed by atoms with Crippen LogP contribution in [0, 0.1) is 0 Å². The number of para-hydroxylation sites is 1. The van der Waals surface area contributed by atoms with Gasteiger partial charge in [-0.2, -0.15) is 5.10 Å². The molecular formula is C20H19N5OS. The molecule has 0 unspecified atom stereocenters. The Hall–Kier alpha value is -2.80. The molecule has 136 valence electrons. The van der Waals surface area contributed by atoms with E-state index in [4.69, 9.17) is 9.52 Å². The average Bonchev–Trinajstić information content (AvgIpc) is 3.48. The standard InChI is InChI=1S/C20H19N5OS/c1-2-6-15(7-3-1)25-19-10-4-9-17(19)18(23-25)13-27-20-22-21-14-24(20)12-16-8-5-11-26-16/h1-3,5-8,11,14H,4,9-10,12-13H2. The first-order valence-corrected chi connectivity index (χ1v) is 10.0. The van der Waals surface area contributed by atoms with Gasteiger partial charge >= 0.3 is 0 Å². The number of furan rings is 1. The van der Waals surface area contributed by atoms with Crippen LogP contribution in [0.3, 0.4) is 0 Å². The molecule has 3 aromatic heterocycles. The van der Waals surface area contributed by atoms with E-state index in [0.717, 1.165) is 40.9 Å². The second-order valence-electron chi connectivity index (χ2n) is 6.58. The second kappa shape index (κ2) is 7.08. The Kier molecular flexibility index (Phi) is 4.29. The number of benzene rings is 1. The summed E-state index contributed by atoms with van der Waals surface area (Å²) in [6, 6.07) is 14.2. The largest absolute Gasteiger partial charge is 0.467 e. The van der Waals surface area contributed by atoms with E-state index in [0.29, 0.717) is 6.54 Å². The minimum Gasteiger partial charge on any atom is -0.467 e. The summed E-state index contributed by atoms with van der Waals surface area (Å²) in [7, 11) is 0. The molecule has 6 nitrogen and oxygen atoms in total. The van der Waals surface area contributed by atoms with Crippen LogP contribution in [0.2, 0.25) is 0 Å². The molecule has 0 saturated carbocycles. The average molecular weight is 377 g/mol. The van der Waals surface area contributed by atoms with Gasteiger partial charge in [-0.25, -0.2) is 4.68 Å². The van der Waals surface area contributed by atoms with Crippen LogP contribution < -0.4 is 0 Å². The van der Waals surface area contributed by atoms with Gasteiger partial charge < -0.3 is 8.98 Å². The lowest BCUT2D eigenvalue weighted by atomic mass is 10.2. The van der Waals surface area contributed by atoms with E-state index in [2.05, 4.69) is 39.1 Å². The van der Waals surface area contributed by atoms with Crippen molar-refractivity contribution in [2.45, 2.75) is 36.7 Å². The zero-order chi connectivity index (χ0) is 18.1. The van der Waals surface area contributed by atoms with E-state index < -0.39 is 0 Å². The van der Waals surface area contributed by atoms with Gasteiger partial charge in [0.2, 0.25) is 0 Å². The lowest BCUT2D eigenvalue weighted by Crippen LogP contribution is -2.02. The summed E-state index contributed by atoms with van der Waals surface area (Å²) < 4.78 is 9.56. The maximum absolute atomic E-state index is 5.44. The number of aromatic nitrogens is 5. The highest BCUT2D eigenvalue weighted by Crippen LogP contribution is 2.31. The number of rotatable bonds is 6. The van der Waals surface area contributed by atoms with E-state index in [9.17, 15) is 0 Å². The summed E-state index contributed by atoms with van der Waals surface area (Å²) in [5.41, 5.74) is 5.05. The van der Waals surface area contributed by atoms with Crippen LogP contribution in [-0.2, 0) is 25.1 Å². The van der Waals surface area contributed by atoms with Crippen molar-refractivity contribution in [2.24, 2.45) is 0 Å².